The molecule has 0 aliphatic heterocycles. The molecule has 0 unspecified atom stereocenters. The van der Waals surface area contributed by atoms with Crippen LogP contribution in [0.5, 0.6) is 0 Å². The van der Waals surface area contributed by atoms with Gasteiger partial charge in [0.2, 0.25) is 0 Å². The zero-order valence-electron chi connectivity index (χ0n) is 16.8. The molecule has 3 aromatic carbocycles. The molecule has 5 rings (SSSR count). The number of hydrogen-bond donors (Lipinski definition) is 1. The molecule has 29 heavy (non-hydrogen) atoms. The quantitative estimate of drug-likeness (QED) is 0.134. The molecular formula is C25H22IrNO2-. The molecule has 4 heteroatoms. The van der Waals surface area contributed by atoms with E-state index in [2.05, 4.69) is 61.3 Å². The van der Waals surface area contributed by atoms with Gasteiger partial charge in [0.05, 0.1) is 5.76 Å². The smallest absolute Gasteiger partial charge is 0.155 e. The van der Waals surface area contributed by atoms with Gasteiger partial charge in [0.25, 0.3) is 0 Å². The predicted molar refractivity (Wildman–Crippen MR) is 115 cm³/mol. The van der Waals surface area contributed by atoms with Gasteiger partial charge in [-0.15, -0.1) is 29.7 Å². The van der Waals surface area contributed by atoms with Crippen LogP contribution >= 0.6 is 0 Å². The second-order valence-electron chi connectivity index (χ2n) is 7.79. The van der Waals surface area contributed by atoms with Crippen molar-refractivity contribution in [2.45, 2.75) is 33.1 Å². The maximum Gasteiger partial charge on any atom is 0.155 e. The minimum Gasteiger partial charge on any atom is -0.512 e. The van der Waals surface area contributed by atoms with Crippen molar-refractivity contribution >= 4 is 38.2 Å². The van der Waals surface area contributed by atoms with Gasteiger partial charge in [-0.25, -0.2) is 0 Å². The summed E-state index contributed by atoms with van der Waals surface area (Å²) in [5.74, 6) is -0.0625. The standard InChI is InChI=1S/C20H14N.C5H8O2.Ir/c1-20(2)15-9-5-8-13-12-6-3-4-7-14(12)19-18(17(13)15)16(20)10-11-21-19;1-4(6)3-5(2)7;/h3-6,8-11H,1-2H3;3,6H,1-2H3;/q-1;;/b;4-3-;. The number of nitrogens with zero attached hydrogens (tertiary/aromatic N) is 1. The number of rotatable bonds is 1. The van der Waals surface area contributed by atoms with E-state index < -0.39 is 0 Å². The Morgan fingerprint density at radius 2 is 1.72 bits per heavy atom. The van der Waals surface area contributed by atoms with E-state index in [9.17, 15) is 4.79 Å². The van der Waals surface area contributed by atoms with Crippen LogP contribution in [-0.4, -0.2) is 15.9 Å². The van der Waals surface area contributed by atoms with Gasteiger partial charge in [-0.3, -0.25) is 4.79 Å². The van der Waals surface area contributed by atoms with Crippen molar-refractivity contribution in [3.05, 3.63) is 77.7 Å². The number of aromatic nitrogens is 1. The molecule has 0 fully saturated rings. The van der Waals surface area contributed by atoms with Crippen molar-refractivity contribution in [3.8, 4) is 0 Å². The second kappa shape index (κ2) is 7.70. The van der Waals surface area contributed by atoms with E-state index in [-0.39, 0.29) is 37.1 Å². The zero-order valence-corrected chi connectivity index (χ0v) is 19.2. The first-order valence-electron chi connectivity index (χ1n) is 9.35. The number of allylic oxidation sites excluding steroid dienone is 2. The van der Waals surface area contributed by atoms with E-state index in [1.54, 1.807) is 0 Å². The molecule has 1 aromatic heterocycles. The molecule has 0 bridgehead atoms. The van der Waals surface area contributed by atoms with Gasteiger partial charge in [-0.1, -0.05) is 42.8 Å². The Bertz CT molecular complexity index is 1200. The summed E-state index contributed by atoms with van der Waals surface area (Å²) in [5.41, 5.74) is 3.94. The Kier molecular flexibility index (Phi) is 5.62. The molecule has 1 aliphatic rings. The number of fused-ring (bicyclic) bond motifs is 3. The van der Waals surface area contributed by atoms with E-state index in [1.165, 1.54) is 52.6 Å². The topological polar surface area (TPSA) is 50.2 Å². The van der Waals surface area contributed by atoms with Crippen LogP contribution in [0, 0.1) is 6.07 Å². The summed E-state index contributed by atoms with van der Waals surface area (Å²) in [4.78, 5) is 14.7. The van der Waals surface area contributed by atoms with Crippen LogP contribution in [0.25, 0.3) is 32.4 Å². The van der Waals surface area contributed by atoms with Crippen molar-refractivity contribution in [3.63, 3.8) is 0 Å². The third-order valence-corrected chi connectivity index (χ3v) is 5.41. The number of pyridine rings is 1. The fourth-order valence-corrected chi connectivity index (χ4v) is 4.29. The third kappa shape index (κ3) is 3.37. The molecule has 0 spiro atoms. The number of aliphatic hydroxyl groups is 1. The number of carbonyl (C=O) groups is 1. The summed E-state index contributed by atoms with van der Waals surface area (Å²) in [6.07, 6.45) is 3.11. The Morgan fingerprint density at radius 3 is 2.38 bits per heavy atom. The van der Waals surface area contributed by atoms with Gasteiger partial charge in [0, 0.05) is 37.8 Å². The van der Waals surface area contributed by atoms with Crippen LogP contribution in [0.1, 0.15) is 38.8 Å². The summed E-state index contributed by atoms with van der Waals surface area (Å²) in [6.45, 7) is 7.47. The fourth-order valence-electron chi connectivity index (χ4n) is 4.29. The Hall–Kier alpha value is -2.55. The molecule has 0 amide bonds. The molecule has 0 atom stereocenters. The van der Waals surface area contributed by atoms with Crippen molar-refractivity contribution in [1.82, 2.24) is 4.98 Å². The van der Waals surface area contributed by atoms with Crippen LogP contribution < -0.4 is 0 Å². The monoisotopic (exact) mass is 561 g/mol. The average molecular weight is 561 g/mol. The van der Waals surface area contributed by atoms with Crippen molar-refractivity contribution in [1.29, 1.82) is 0 Å². The Labute approximate surface area is 183 Å². The molecule has 0 saturated heterocycles. The van der Waals surface area contributed by atoms with Gasteiger partial charge >= 0.3 is 0 Å². The summed E-state index contributed by atoms with van der Waals surface area (Å²) in [5, 5.41) is 14.8. The maximum atomic E-state index is 10.0. The molecule has 0 saturated carbocycles. The zero-order chi connectivity index (χ0) is 20.1. The number of benzene rings is 3. The number of aliphatic hydroxyl groups excluding tert-OH is 1. The number of hydrogen-bond acceptors (Lipinski definition) is 3. The molecule has 3 nitrogen and oxygen atoms in total. The summed E-state index contributed by atoms with van der Waals surface area (Å²) < 4.78 is 0. The Morgan fingerprint density at radius 1 is 1.03 bits per heavy atom. The molecule has 1 radical (unpaired) electrons. The van der Waals surface area contributed by atoms with Crippen LogP contribution in [-0.2, 0) is 30.3 Å². The van der Waals surface area contributed by atoms with Gasteiger partial charge in [0.15, 0.2) is 5.78 Å². The van der Waals surface area contributed by atoms with Gasteiger partial charge in [-0.05, 0) is 47.3 Å². The second-order valence-corrected chi connectivity index (χ2v) is 7.79. The molecule has 149 valence electrons. The largest absolute Gasteiger partial charge is 0.512 e. The SMILES string of the molecule is CC(=O)/C=C(/C)O.CC1(C)c2cccc3c4ccc[c-]c4c4nccc1c4c23.[Ir]. The predicted octanol–water partition coefficient (Wildman–Crippen LogP) is 6.02. The normalized spacial score (nSPS) is 14.0. The molecule has 1 heterocycles. The summed E-state index contributed by atoms with van der Waals surface area (Å²) >= 11 is 0. The van der Waals surface area contributed by atoms with Gasteiger partial charge < -0.3 is 10.1 Å². The summed E-state index contributed by atoms with van der Waals surface area (Å²) in [7, 11) is 0. The molecular weight excluding hydrogens is 538 g/mol. The first-order valence-corrected chi connectivity index (χ1v) is 9.35. The minimum absolute atomic E-state index is 0. The van der Waals surface area contributed by atoms with E-state index >= 15 is 0 Å². The molecule has 1 N–H and O–H groups in total. The maximum absolute atomic E-state index is 10.0. The fraction of sp³-hybridized carbons (Fsp3) is 0.200. The van der Waals surface area contributed by atoms with E-state index in [0.717, 1.165) is 10.9 Å². The minimum atomic E-state index is -0.125. The first-order chi connectivity index (χ1) is 13.3. The first kappa shape index (κ1) is 21.2. The van der Waals surface area contributed by atoms with Crippen molar-refractivity contribution in [2.75, 3.05) is 0 Å². The van der Waals surface area contributed by atoms with E-state index in [0.29, 0.717) is 0 Å². The summed E-state index contributed by atoms with van der Waals surface area (Å²) in [6, 6.07) is 18.5. The van der Waals surface area contributed by atoms with E-state index in [1.807, 2.05) is 12.3 Å². The van der Waals surface area contributed by atoms with Crippen LogP contribution in [0.3, 0.4) is 0 Å². The number of carbonyl (C=O) groups excluding carboxylic acids is 1. The Balaban J connectivity index is 0.000000263. The van der Waals surface area contributed by atoms with Crippen molar-refractivity contribution in [2.24, 2.45) is 0 Å². The average Bonchev–Trinajstić information content (AvgIpc) is 2.89. The third-order valence-electron chi connectivity index (χ3n) is 5.41. The molecule has 4 aromatic rings. The van der Waals surface area contributed by atoms with Gasteiger partial charge in [0.1, 0.15) is 0 Å². The van der Waals surface area contributed by atoms with Crippen molar-refractivity contribution < 1.29 is 30.0 Å². The van der Waals surface area contributed by atoms with Crippen LogP contribution in [0.2, 0.25) is 0 Å². The van der Waals surface area contributed by atoms with Crippen LogP contribution in [0.15, 0.2) is 60.5 Å². The van der Waals surface area contributed by atoms with Gasteiger partial charge in [-0.2, -0.15) is 0 Å². The number of ketones is 1. The van der Waals surface area contributed by atoms with E-state index in [4.69, 9.17) is 5.11 Å². The van der Waals surface area contributed by atoms with Crippen LogP contribution in [0.4, 0.5) is 0 Å². The molecule has 1 aliphatic carbocycles.